The second-order valence-corrected chi connectivity index (χ2v) is 7.78. The molecule has 0 unspecified atom stereocenters. The van der Waals surface area contributed by atoms with Gasteiger partial charge in [-0.2, -0.15) is 15.1 Å². The van der Waals surface area contributed by atoms with E-state index in [1.54, 1.807) is 4.90 Å². The number of nitrogen functional groups attached to an aromatic ring is 1. The lowest BCUT2D eigenvalue weighted by atomic mass is 10.1. The second-order valence-electron chi connectivity index (χ2n) is 7.78. The van der Waals surface area contributed by atoms with Crippen molar-refractivity contribution in [3.05, 3.63) is 6.20 Å². The average molecular weight is 387 g/mol. The molecule has 3 fully saturated rings. The van der Waals surface area contributed by atoms with Crippen LogP contribution in [0.2, 0.25) is 0 Å². The smallest absolute Gasteiger partial charge is 0.409 e. The Morgan fingerprint density at radius 1 is 1.18 bits per heavy atom. The molecule has 0 aromatic carbocycles. The van der Waals surface area contributed by atoms with Gasteiger partial charge in [0.25, 0.3) is 0 Å². The number of aromatic nitrogens is 4. The normalized spacial score (nSPS) is 25.5. The van der Waals surface area contributed by atoms with Crippen LogP contribution in [0.4, 0.5) is 16.6 Å². The van der Waals surface area contributed by atoms with E-state index in [0.717, 1.165) is 55.6 Å². The zero-order valence-corrected chi connectivity index (χ0v) is 16.0. The lowest BCUT2D eigenvalue weighted by Gasteiger charge is -2.33. The van der Waals surface area contributed by atoms with Gasteiger partial charge in [-0.25, -0.2) is 9.48 Å². The van der Waals surface area contributed by atoms with E-state index < -0.39 is 0 Å². The van der Waals surface area contributed by atoms with E-state index in [0.29, 0.717) is 13.1 Å². The molecule has 2 bridgehead atoms. The minimum atomic E-state index is -0.278. The lowest BCUT2D eigenvalue weighted by Crippen LogP contribution is -2.43. The molecule has 5 rings (SSSR count). The van der Waals surface area contributed by atoms with Crippen molar-refractivity contribution in [3.8, 4) is 0 Å². The fourth-order valence-corrected chi connectivity index (χ4v) is 4.65. The van der Waals surface area contributed by atoms with Crippen LogP contribution in [0, 0.1) is 0 Å². The van der Waals surface area contributed by atoms with Gasteiger partial charge in [-0.3, -0.25) is 0 Å². The molecule has 10 heteroatoms. The molecule has 150 valence electrons. The Labute approximate surface area is 162 Å². The molecule has 3 aliphatic heterocycles. The summed E-state index contributed by atoms with van der Waals surface area (Å²) in [5.74, 6) is 1.11. The molecule has 0 aliphatic carbocycles. The molecule has 2 aromatic rings. The molecule has 1 amide bonds. The number of carbonyl (C=O) groups is 1. The SMILES string of the molecule is COC(=O)N1CCC(n2ncc3c(N4C[C@H]5CC[C@@H](C4)O5)nc(N)nc32)CC1. The van der Waals surface area contributed by atoms with E-state index in [1.807, 2.05) is 10.9 Å². The summed E-state index contributed by atoms with van der Waals surface area (Å²) in [4.78, 5) is 24.7. The second kappa shape index (κ2) is 6.77. The van der Waals surface area contributed by atoms with E-state index in [9.17, 15) is 4.79 Å². The van der Waals surface area contributed by atoms with Crippen LogP contribution < -0.4 is 10.6 Å². The summed E-state index contributed by atoms with van der Waals surface area (Å²) in [5, 5.41) is 5.55. The molecule has 0 spiro atoms. The monoisotopic (exact) mass is 387 g/mol. The molecule has 2 aromatic heterocycles. The predicted octanol–water partition coefficient (Wildman–Crippen LogP) is 1.18. The average Bonchev–Trinajstić information content (AvgIpc) is 3.29. The van der Waals surface area contributed by atoms with E-state index in [4.69, 9.17) is 15.2 Å². The minimum Gasteiger partial charge on any atom is -0.453 e. The highest BCUT2D eigenvalue weighted by Gasteiger charge is 2.35. The first-order valence-corrected chi connectivity index (χ1v) is 9.86. The van der Waals surface area contributed by atoms with Crippen molar-refractivity contribution < 1.29 is 14.3 Å². The highest BCUT2D eigenvalue weighted by molar-refractivity contribution is 5.88. The maximum absolute atomic E-state index is 11.7. The fourth-order valence-electron chi connectivity index (χ4n) is 4.65. The number of likely N-dealkylation sites (tertiary alicyclic amines) is 1. The van der Waals surface area contributed by atoms with Crippen molar-refractivity contribution in [2.45, 2.75) is 43.9 Å². The molecule has 3 saturated heterocycles. The number of piperidine rings is 1. The molecule has 2 atom stereocenters. The van der Waals surface area contributed by atoms with Gasteiger partial charge in [0, 0.05) is 26.2 Å². The van der Waals surface area contributed by atoms with Gasteiger partial charge in [0.15, 0.2) is 5.65 Å². The van der Waals surface area contributed by atoms with Crippen LogP contribution in [0.15, 0.2) is 6.20 Å². The summed E-state index contributed by atoms with van der Waals surface area (Å²) in [6, 6.07) is 0.168. The van der Waals surface area contributed by atoms with Crippen molar-refractivity contribution >= 4 is 28.9 Å². The van der Waals surface area contributed by atoms with Gasteiger partial charge in [-0.15, -0.1) is 0 Å². The quantitative estimate of drug-likeness (QED) is 0.818. The fraction of sp³-hybridized carbons (Fsp3) is 0.667. The summed E-state index contributed by atoms with van der Waals surface area (Å²) in [6.07, 6.45) is 5.89. The number of anilines is 2. The molecular weight excluding hydrogens is 362 g/mol. The van der Waals surface area contributed by atoms with Gasteiger partial charge in [-0.05, 0) is 25.7 Å². The molecule has 5 heterocycles. The zero-order chi connectivity index (χ0) is 19.3. The molecular formula is C18H25N7O3. The molecule has 3 aliphatic rings. The van der Waals surface area contributed by atoms with Crippen molar-refractivity contribution in [1.82, 2.24) is 24.6 Å². The van der Waals surface area contributed by atoms with E-state index in [-0.39, 0.29) is 30.3 Å². The van der Waals surface area contributed by atoms with Crippen LogP contribution in [0.1, 0.15) is 31.7 Å². The standard InChI is InChI=1S/C18H25N7O3/c1-27-18(26)23-6-4-11(5-7-23)25-16-14(8-20-25)15(21-17(19)22-16)24-9-12-2-3-13(10-24)28-12/h8,11-13H,2-7,9-10H2,1H3,(H2,19,21,22)/t12-,13+. The van der Waals surface area contributed by atoms with Crippen molar-refractivity contribution in [2.75, 3.05) is 43.9 Å². The van der Waals surface area contributed by atoms with E-state index in [2.05, 4.69) is 20.0 Å². The van der Waals surface area contributed by atoms with Gasteiger partial charge in [0.05, 0.1) is 36.9 Å². The van der Waals surface area contributed by atoms with Crippen LogP contribution in [0.5, 0.6) is 0 Å². The maximum Gasteiger partial charge on any atom is 0.409 e. The van der Waals surface area contributed by atoms with Crippen LogP contribution in [0.3, 0.4) is 0 Å². The highest BCUT2D eigenvalue weighted by Crippen LogP contribution is 2.34. The first-order chi connectivity index (χ1) is 13.6. The molecule has 0 radical (unpaired) electrons. The van der Waals surface area contributed by atoms with Crippen LogP contribution >= 0.6 is 0 Å². The first kappa shape index (κ1) is 17.5. The van der Waals surface area contributed by atoms with Crippen LogP contribution in [-0.4, -0.2) is 76.2 Å². The Balaban J connectivity index is 1.43. The Bertz CT molecular complexity index is 881. The minimum absolute atomic E-state index is 0.168. The third kappa shape index (κ3) is 2.92. The van der Waals surface area contributed by atoms with Crippen molar-refractivity contribution in [3.63, 3.8) is 0 Å². The molecule has 0 saturated carbocycles. The third-order valence-electron chi connectivity index (χ3n) is 6.04. The molecule has 10 nitrogen and oxygen atoms in total. The number of hydrogen-bond donors (Lipinski definition) is 1. The number of hydrogen-bond acceptors (Lipinski definition) is 8. The van der Waals surface area contributed by atoms with Gasteiger partial charge >= 0.3 is 6.09 Å². The number of methoxy groups -OCH3 is 1. The molecule has 2 N–H and O–H groups in total. The number of nitrogens with two attached hydrogens (primary N) is 1. The molecule has 28 heavy (non-hydrogen) atoms. The van der Waals surface area contributed by atoms with Crippen molar-refractivity contribution in [1.29, 1.82) is 0 Å². The van der Waals surface area contributed by atoms with Gasteiger partial charge < -0.3 is 25.0 Å². The number of rotatable bonds is 2. The van der Waals surface area contributed by atoms with Crippen LogP contribution in [0.25, 0.3) is 11.0 Å². The third-order valence-corrected chi connectivity index (χ3v) is 6.04. The summed E-state index contributed by atoms with van der Waals surface area (Å²) in [5.41, 5.74) is 6.82. The zero-order valence-electron chi connectivity index (χ0n) is 16.0. The number of carbonyl (C=O) groups excluding carboxylic acids is 1. The largest absolute Gasteiger partial charge is 0.453 e. The van der Waals surface area contributed by atoms with Gasteiger partial charge in [0.2, 0.25) is 5.95 Å². The topological polar surface area (TPSA) is 112 Å². The highest BCUT2D eigenvalue weighted by atomic mass is 16.5. The van der Waals surface area contributed by atoms with E-state index >= 15 is 0 Å². The van der Waals surface area contributed by atoms with Gasteiger partial charge in [-0.1, -0.05) is 0 Å². The predicted molar refractivity (Wildman–Crippen MR) is 102 cm³/mol. The Morgan fingerprint density at radius 2 is 1.89 bits per heavy atom. The number of amides is 1. The Kier molecular flexibility index (Phi) is 4.22. The lowest BCUT2D eigenvalue weighted by molar-refractivity contribution is 0.0303. The van der Waals surface area contributed by atoms with E-state index in [1.165, 1.54) is 7.11 Å². The van der Waals surface area contributed by atoms with Gasteiger partial charge in [0.1, 0.15) is 5.82 Å². The number of nitrogens with zero attached hydrogens (tertiary/aromatic N) is 6. The Morgan fingerprint density at radius 3 is 2.57 bits per heavy atom. The van der Waals surface area contributed by atoms with Crippen LogP contribution in [-0.2, 0) is 9.47 Å². The number of morpholine rings is 1. The number of fused-ring (bicyclic) bond motifs is 3. The first-order valence-electron chi connectivity index (χ1n) is 9.86. The van der Waals surface area contributed by atoms with Crippen molar-refractivity contribution in [2.24, 2.45) is 0 Å². The maximum atomic E-state index is 11.7. The summed E-state index contributed by atoms with van der Waals surface area (Å²) >= 11 is 0. The Hall–Kier alpha value is -2.62. The summed E-state index contributed by atoms with van der Waals surface area (Å²) in [7, 11) is 1.41. The summed E-state index contributed by atoms with van der Waals surface area (Å²) < 4.78 is 12.7. The summed E-state index contributed by atoms with van der Waals surface area (Å²) in [6.45, 7) is 2.92. The number of ether oxygens (including phenoxy) is 2.